The van der Waals surface area contributed by atoms with Crippen molar-refractivity contribution < 1.29 is 0 Å². The summed E-state index contributed by atoms with van der Waals surface area (Å²) in [5, 5.41) is 3.52. The second kappa shape index (κ2) is 4.49. The molecule has 0 radical (unpaired) electrons. The molecule has 1 heterocycles. The lowest BCUT2D eigenvalue weighted by Gasteiger charge is -2.31. The number of allylic oxidation sites excluding steroid dienone is 2. The summed E-state index contributed by atoms with van der Waals surface area (Å²) in [6.45, 7) is 2.12. The van der Waals surface area contributed by atoms with E-state index >= 15 is 0 Å². The summed E-state index contributed by atoms with van der Waals surface area (Å²) in [5.74, 6) is 0. The molecule has 0 amide bonds. The average Bonchev–Trinajstić information content (AvgIpc) is 2.93. The van der Waals surface area contributed by atoms with Crippen molar-refractivity contribution in [2.75, 3.05) is 0 Å². The van der Waals surface area contributed by atoms with Crippen LogP contribution in [0, 0.1) is 6.92 Å². The first kappa shape index (κ1) is 12.2. The molecular weight excluding hydrogens is 254 g/mol. The molecule has 0 saturated heterocycles. The molecule has 1 nitrogen and oxygen atoms in total. The highest BCUT2D eigenvalue weighted by atomic mass is 15.0. The highest BCUT2D eigenvalue weighted by molar-refractivity contribution is 5.81. The van der Waals surface area contributed by atoms with Gasteiger partial charge in [0.1, 0.15) is 5.54 Å². The molecule has 1 aliphatic heterocycles. The van der Waals surface area contributed by atoms with Crippen molar-refractivity contribution in [3.63, 3.8) is 0 Å². The normalized spacial score (nSPS) is 22.0. The third kappa shape index (κ3) is 1.93. The number of fused-ring (bicyclic) bond motifs is 2. The first-order chi connectivity index (χ1) is 10.3. The third-order valence-corrected chi connectivity index (χ3v) is 4.29. The minimum Gasteiger partial charge on any atom is -0.375 e. The van der Waals surface area contributed by atoms with Crippen LogP contribution in [0.25, 0.3) is 11.6 Å². The number of hydrogen-bond donors (Lipinski definition) is 1. The highest BCUT2D eigenvalue weighted by Gasteiger charge is 2.33. The van der Waals surface area contributed by atoms with E-state index in [1.54, 1.807) is 0 Å². The second-order valence-electron chi connectivity index (χ2n) is 5.73. The van der Waals surface area contributed by atoms with E-state index in [0.29, 0.717) is 0 Å². The van der Waals surface area contributed by atoms with E-state index in [9.17, 15) is 0 Å². The van der Waals surface area contributed by atoms with E-state index < -0.39 is 0 Å². The molecule has 102 valence electrons. The Bertz CT molecular complexity index is 778. The lowest BCUT2D eigenvalue weighted by molar-refractivity contribution is 0.597. The van der Waals surface area contributed by atoms with Gasteiger partial charge in [-0.25, -0.2) is 0 Å². The number of nitrogens with one attached hydrogen (secondary N) is 1. The molecule has 1 atom stereocenters. The minimum absolute atomic E-state index is 0.203. The molecule has 21 heavy (non-hydrogen) atoms. The Morgan fingerprint density at radius 1 is 0.905 bits per heavy atom. The smallest absolute Gasteiger partial charge is 0.101 e. The third-order valence-electron chi connectivity index (χ3n) is 4.29. The lowest BCUT2D eigenvalue weighted by Crippen LogP contribution is -2.36. The van der Waals surface area contributed by atoms with Crippen molar-refractivity contribution in [2.24, 2.45) is 0 Å². The molecule has 0 saturated carbocycles. The van der Waals surface area contributed by atoms with E-state index in [-0.39, 0.29) is 5.54 Å². The van der Waals surface area contributed by atoms with Gasteiger partial charge >= 0.3 is 0 Å². The first-order valence-electron chi connectivity index (χ1n) is 7.30. The minimum atomic E-state index is -0.203. The highest BCUT2D eigenvalue weighted by Crippen LogP contribution is 2.39. The maximum atomic E-state index is 3.52. The van der Waals surface area contributed by atoms with Gasteiger partial charge in [0, 0.05) is 0 Å². The van der Waals surface area contributed by atoms with Crippen LogP contribution >= 0.6 is 0 Å². The standard InChI is InChI=1S/C20H17N/c1-15-6-8-16(9-7-15)18-10-12-20(14-18)19-5-3-2-4-17(19)11-13-21-20/h2-14,21H,1H3/t20-/m1/s1. The van der Waals surface area contributed by atoms with Crippen molar-refractivity contribution in [1.29, 1.82) is 0 Å². The van der Waals surface area contributed by atoms with E-state index in [2.05, 4.69) is 85.1 Å². The van der Waals surface area contributed by atoms with Gasteiger partial charge < -0.3 is 5.32 Å². The average molecular weight is 271 g/mol. The van der Waals surface area contributed by atoms with Gasteiger partial charge in [0.2, 0.25) is 0 Å². The van der Waals surface area contributed by atoms with Crippen molar-refractivity contribution in [2.45, 2.75) is 12.5 Å². The molecule has 0 unspecified atom stereocenters. The number of aryl methyl sites for hydroxylation is 1. The summed E-state index contributed by atoms with van der Waals surface area (Å²) in [4.78, 5) is 0. The van der Waals surface area contributed by atoms with Crippen LogP contribution in [0.3, 0.4) is 0 Å². The van der Waals surface area contributed by atoms with Gasteiger partial charge in [-0.3, -0.25) is 0 Å². The van der Waals surface area contributed by atoms with Gasteiger partial charge in [0.05, 0.1) is 0 Å². The van der Waals surface area contributed by atoms with Crippen LogP contribution in [-0.2, 0) is 5.54 Å². The van der Waals surface area contributed by atoms with E-state index in [1.165, 1.54) is 27.8 Å². The number of rotatable bonds is 1. The molecule has 1 N–H and O–H groups in total. The number of benzene rings is 2. The Labute approximate surface area is 125 Å². The van der Waals surface area contributed by atoms with Gasteiger partial charge in [-0.05, 0) is 47.5 Å². The Kier molecular flexibility index (Phi) is 2.61. The maximum absolute atomic E-state index is 3.52. The predicted molar refractivity (Wildman–Crippen MR) is 88.6 cm³/mol. The van der Waals surface area contributed by atoms with Crippen LogP contribution in [0.2, 0.25) is 0 Å². The molecule has 1 heteroatoms. The van der Waals surface area contributed by atoms with E-state index in [4.69, 9.17) is 0 Å². The maximum Gasteiger partial charge on any atom is 0.101 e. The first-order valence-corrected chi connectivity index (χ1v) is 7.30. The van der Waals surface area contributed by atoms with Crippen LogP contribution in [0.5, 0.6) is 0 Å². The molecule has 0 aromatic heterocycles. The van der Waals surface area contributed by atoms with Gasteiger partial charge in [-0.2, -0.15) is 0 Å². The van der Waals surface area contributed by atoms with Gasteiger partial charge in [0.25, 0.3) is 0 Å². The van der Waals surface area contributed by atoms with E-state index in [0.717, 1.165) is 0 Å². The van der Waals surface area contributed by atoms with Crippen LogP contribution in [-0.4, -0.2) is 0 Å². The lowest BCUT2D eigenvalue weighted by atomic mass is 9.85. The molecule has 2 aliphatic rings. The molecular formula is C20H17N. The van der Waals surface area contributed by atoms with Crippen LogP contribution in [0.1, 0.15) is 22.3 Å². The summed E-state index contributed by atoms with van der Waals surface area (Å²) >= 11 is 0. The summed E-state index contributed by atoms with van der Waals surface area (Å²) in [6, 6.07) is 17.3. The largest absolute Gasteiger partial charge is 0.375 e. The monoisotopic (exact) mass is 271 g/mol. The van der Waals surface area contributed by atoms with Crippen molar-refractivity contribution in [3.05, 3.63) is 95.2 Å². The molecule has 0 fully saturated rings. The molecule has 4 rings (SSSR count). The molecule has 1 spiro atoms. The summed E-state index contributed by atoms with van der Waals surface area (Å²) in [5.41, 5.74) is 6.22. The number of hydrogen-bond acceptors (Lipinski definition) is 1. The predicted octanol–water partition coefficient (Wildman–Crippen LogP) is 4.42. The van der Waals surface area contributed by atoms with Crippen LogP contribution < -0.4 is 5.32 Å². The van der Waals surface area contributed by atoms with Gasteiger partial charge in [-0.1, -0.05) is 66.2 Å². The molecule has 0 bridgehead atoms. The Morgan fingerprint density at radius 3 is 2.57 bits per heavy atom. The van der Waals surface area contributed by atoms with Crippen molar-refractivity contribution in [3.8, 4) is 0 Å². The fourth-order valence-corrected chi connectivity index (χ4v) is 3.11. The zero-order chi connectivity index (χ0) is 14.3. The summed E-state index contributed by atoms with van der Waals surface area (Å²) in [6.07, 6.45) is 11.0. The SMILES string of the molecule is Cc1ccc(C2=C[C@@]3(C=C2)NC=Cc2ccccc23)cc1. The Morgan fingerprint density at radius 2 is 1.71 bits per heavy atom. The fraction of sp³-hybridized carbons (Fsp3) is 0.100. The van der Waals surface area contributed by atoms with Crippen LogP contribution in [0.15, 0.2) is 73.0 Å². The quantitative estimate of drug-likeness (QED) is 0.809. The zero-order valence-electron chi connectivity index (χ0n) is 12.0. The topological polar surface area (TPSA) is 12.0 Å². The summed E-state index contributed by atoms with van der Waals surface area (Å²) in [7, 11) is 0. The van der Waals surface area contributed by atoms with Crippen LogP contribution in [0.4, 0.5) is 0 Å². The van der Waals surface area contributed by atoms with Crippen molar-refractivity contribution in [1.82, 2.24) is 5.32 Å². The molecule has 2 aromatic rings. The van der Waals surface area contributed by atoms with Gasteiger partial charge in [0.15, 0.2) is 0 Å². The fourth-order valence-electron chi connectivity index (χ4n) is 3.11. The van der Waals surface area contributed by atoms with Gasteiger partial charge in [-0.15, -0.1) is 0 Å². The zero-order valence-corrected chi connectivity index (χ0v) is 12.0. The van der Waals surface area contributed by atoms with Crippen molar-refractivity contribution >= 4 is 11.6 Å². The Hall–Kier alpha value is -2.54. The second-order valence-corrected chi connectivity index (χ2v) is 5.73. The molecule has 2 aromatic carbocycles. The molecule has 1 aliphatic carbocycles. The summed E-state index contributed by atoms with van der Waals surface area (Å²) < 4.78 is 0. The Balaban J connectivity index is 1.80. The van der Waals surface area contributed by atoms with E-state index in [1.807, 2.05) is 6.20 Å².